The summed E-state index contributed by atoms with van der Waals surface area (Å²) in [7, 11) is 0. The molecule has 1 N–H and O–H groups in total. The number of rotatable bonds is 2. The number of carbonyl (C=O) groups excluding carboxylic acids is 1. The van der Waals surface area contributed by atoms with Crippen LogP contribution in [0.2, 0.25) is 5.02 Å². The Morgan fingerprint density at radius 2 is 1.96 bits per heavy atom. The van der Waals surface area contributed by atoms with E-state index in [1.54, 1.807) is 36.1 Å². The Hall–Kier alpha value is -1.46. The van der Waals surface area contributed by atoms with Crippen LogP contribution in [0.25, 0.3) is 0 Å². The number of amides is 1. The monoisotopic (exact) mass is 341 g/mol. The van der Waals surface area contributed by atoms with Gasteiger partial charge in [-0.2, -0.15) is 0 Å². The summed E-state index contributed by atoms with van der Waals surface area (Å²) in [5, 5.41) is 11.2. The molecule has 0 aromatic heterocycles. The smallest absolute Gasteiger partial charge is 0.410 e. The van der Waals surface area contributed by atoms with E-state index < -0.39 is 23.4 Å². The predicted molar refractivity (Wildman–Crippen MR) is 88.9 cm³/mol. The number of hydrogen-bond donors (Lipinski definition) is 1. The second-order valence-corrected chi connectivity index (χ2v) is 7.53. The average Bonchev–Trinajstić information content (AvgIpc) is 2.41. The van der Waals surface area contributed by atoms with Crippen LogP contribution in [0, 0.1) is 0 Å². The summed E-state index contributed by atoms with van der Waals surface area (Å²) in [6.45, 7) is 7.90. The molecule has 0 aliphatic carbocycles. The molecule has 0 unspecified atom stereocenters. The largest absolute Gasteiger partial charge is 0.486 e. The molecule has 1 heterocycles. The van der Waals surface area contributed by atoms with Gasteiger partial charge in [0.05, 0.1) is 6.54 Å². The lowest BCUT2D eigenvalue weighted by molar-refractivity contribution is -0.0949. The Morgan fingerprint density at radius 1 is 1.35 bits per heavy atom. The Bertz CT molecular complexity index is 551. The number of piperidine rings is 1. The fraction of sp³-hybridized carbons (Fsp3) is 0.588. The first-order chi connectivity index (χ1) is 10.6. The van der Waals surface area contributed by atoms with E-state index in [1.165, 1.54) is 0 Å². The van der Waals surface area contributed by atoms with Gasteiger partial charge in [-0.3, -0.25) is 0 Å². The van der Waals surface area contributed by atoms with Crippen LogP contribution in [0.15, 0.2) is 24.3 Å². The topological polar surface area (TPSA) is 59.0 Å². The number of aliphatic hydroxyl groups is 1. The van der Waals surface area contributed by atoms with E-state index in [1.807, 2.05) is 20.8 Å². The maximum atomic E-state index is 12.2. The molecule has 0 saturated carbocycles. The Labute approximate surface area is 142 Å². The molecular formula is C17H24ClNO4. The summed E-state index contributed by atoms with van der Waals surface area (Å²) in [6, 6.07) is 6.93. The first-order valence-corrected chi connectivity index (χ1v) is 8.07. The van der Waals surface area contributed by atoms with E-state index in [0.717, 1.165) is 0 Å². The summed E-state index contributed by atoms with van der Waals surface area (Å²) in [5.74, 6) is 0.603. The molecule has 1 amide bonds. The van der Waals surface area contributed by atoms with Crippen molar-refractivity contribution in [3.05, 3.63) is 29.3 Å². The zero-order chi connectivity index (χ0) is 17.3. The van der Waals surface area contributed by atoms with E-state index in [4.69, 9.17) is 21.1 Å². The first-order valence-electron chi connectivity index (χ1n) is 7.69. The fourth-order valence-electron chi connectivity index (χ4n) is 2.34. The lowest BCUT2D eigenvalue weighted by Crippen LogP contribution is -2.58. The highest BCUT2D eigenvalue weighted by atomic mass is 35.5. The average molecular weight is 342 g/mol. The number of nitrogens with zero attached hydrogens (tertiary/aromatic N) is 1. The Morgan fingerprint density at radius 3 is 2.52 bits per heavy atom. The summed E-state index contributed by atoms with van der Waals surface area (Å²) in [6.07, 6.45) is -0.507. The highest BCUT2D eigenvalue weighted by Gasteiger charge is 2.41. The van der Waals surface area contributed by atoms with Crippen molar-refractivity contribution >= 4 is 17.7 Å². The van der Waals surface area contributed by atoms with Crippen LogP contribution >= 0.6 is 11.6 Å². The number of halogens is 1. The van der Waals surface area contributed by atoms with E-state index in [9.17, 15) is 9.90 Å². The number of ether oxygens (including phenoxy) is 2. The minimum Gasteiger partial charge on any atom is -0.486 e. The summed E-state index contributed by atoms with van der Waals surface area (Å²) >= 11 is 5.86. The molecule has 1 saturated heterocycles. The molecule has 1 aromatic rings. The van der Waals surface area contributed by atoms with Gasteiger partial charge in [0.15, 0.2) is 0 Å². The van der Waals surface area contributed by atoms with E-state index in [-0.39, 0.29) is 6.54 Å². The minimum absolute atomic E-state index is 0.268. The number of likely N-dealkylation sites (tertiary alicyclic amines) is 1. The van der Waals surface area contributed by atoms with Gasteiger partial charge in [0.1, 0.15) is 23.1 Å². The minimum atomic E-state index is -1.02. The molecule has 23 heavy (non-hydrogen) atoms. The van der Waals surface area contributed by atoms with Gasteiger partial charge in [0, 0.05) is 11.6 Å². The van der Waals surface area contributed by atoms with Crippen molar-refractivity contribution in [2.45, 2.75) is 51.4 Å². The normalized spacial score (nSPS) is 25.1. The molecule has 1 aliphatic heterocycles. The third-order valence-corrected chi connectivity index (χ3v) is 3.96. The lowest BCUT2D eigenvalue weighted by Gasteiger charge is -2.42. The van der Waals surface area contributed by atoms with Crippen LogP contribution in [0.4, 0.5) is 4.79 Å². The summed E-state index contributed by atoms with van der Waals surface area (Å²) in [4.78, 5) is 13.8. The van der Waals surface area contributed by atoms with Crippen molar-refractivity contribution in [1.29, 1.82) is 0 Å². The van der Waals surface area contributed by atoms with Crippen molar-refractivity contribution in [1.82, 2.24) is 4.90 Å². The van der Waals surface area contributed by atoms with Gasteiger partial charge in [-0.25, -0.2) is 4.79 Å². The van der Waals surface area contributed by atoms with Crippen LogP contribution in [0.5, 0.6) is 5.75 Å². The van der Waals surface area contributed by atoms with Gasteiger partial charge < -0.3 is 19.5 Å². The number of benzene rings is 1. The molecule has 2 rings (SSSR count). The van der Waals surface area contributed by atoms with Crippen molar-refractivity contribution in [3.63, 3.8) is 0 Å². The predicted octanol–water partition coefficient (Wildman–Crippen LogP) is 3.48. The van der Waals surface area contributed by atoms with E-state index in [2.05, 4.69) is 0 Å². The van der Waals surface area contributed by atoms with Gasteiger partial charge in [-0.15, -0.1) is 0 Å². The first kappa shape index (κ1) is 17.9. The highest BCUT2D eigenvalue weighted by Crippen LogP contribution is 2.28. The second kappa shape index (κ2) is 6.57. The zero-order valence-electron chi connectivity index (χ0n) is 14.0. The SMILES string of the molecule is CC(C)(C)OC(=O)N1CC[C@](C)(O)[C@H](Oc2ccc(Cl)cc2)C1. The van der Waals surface area contributed by atoms with Crippen molar-refractivity contribution in [3.8, 4) is 5.75 Å². The van der Waals surface area contributed by atoms with Gasteiger partial charge in [-0.1, -0.05) is 11.6 Å². The molecule has 6 heteroatoms. The van der Waals surface area contributed by atoms with Crippen molar-refractivity contribution in [2.75, 3.05) is 13.1 Å². The third kappa shape index (κ3) is 5.01. The second-order valence-electron chi connectivity index (χ2n) is 7.09. The summed E-state index contributed by atoms with van der Waals surface area (Å²) in [5.41, 5.74) is -1.57. The maximum absolute atomic E-state index is 12.2. The van der Waals surface area contributed by atoms with Crippen LogP contribution in [-0.4, -0.2) is 46.5 Å². The van der Waals surface area contributed by atoms with Crippen molar-refractivity contribution in [2.24, 2.45) is 0 Å². The van der Waals surface area contributed by atoms with Gasteiger partial charge in [0.2, 0.25) is 0 Å². The molecule has 1 aliphatic rings. The summed E-state index contributed by atoms with van der Waals surface area (Å²) < 4.78 is 11.3. The fourth-order valence-corrected chi connectivity index (χ4v) is 2.47. The molecule has 0 bridgehead atoms. The van der Waals surface area contributed by atoms with Gasteiger partial charge >= 0.3 is 6.09 Å². The Balaban J connectivity index is 2.07. The molecular weight excluding hydrogens is 318 g/mol. The standard InChI is InChI=1S/C17H24ClNO4/c1-16(2,3)23-15(20)19-10-9-17(4,21)14(11-19)22-13-7-5-12(18)6-8-13/h5-8,14,21H,9-11H2,1-4H3/t14-,17+/m1/s1. The van der Waals surface area contributed by atoms with Crippen LogP contribution in [0.1, 0.15) is 34.1 Å². The van der Waals surface area contributed by atoms with Crippen molar-refractivity contribution < 1.29 is 19.4 Å². The lowest BCUT2D eigenvalue weighted by atomic mass is 9.90. The Kier molecular flexibility index (Phi) is 5.11. The van der Waals surface area contributed by atoms with Gasteiger partial charge in [0.25, 0.3) is 0 Å². The number of hydrogen-bond acceptors (Lipinski definition) is 4. The molecule has 1 fully saturated rings. The molecule has 0 radical (unpaired) electrons. The zero-order valence-corrected chi connectivity index (χ0v) is 14.8. The molecule has 128 valence electrons. The van der Waals surface area contributed by atoms with E-state index in [0.29, 0.717) is 23.7 Å². The van der Waals surface area contributed by atoms with Crippen LogP contribution in [-0.2, 0) is 4.74 Å². The van der Waals surface area contributed by atoms with Crippen LogP contribution < -0.4 is 4.74 Å². The molecule has 5 nitrogen and oxygen atoms in total. The molecule has 0 spiro atoms. The molecule has 2 atom stereocenters. The molecule has 1 aromatic carbocycles. The third-order valence-electron chi connectivity index (χ3n) is 3.71. The van der Waals surface area contributed by atoms with E-state index >= 15 is 0 Å². The highest BCUT2D eigenvalue weighted by molar-refractivity contribution is 6.30. The quantitative estimate of drug-likeness (QED) is 0.894. The maximum Gasteiger partial charge on any atom is 0.410 e. The van der Waals surface area contributed by atoms with Crippen LogP contribution in [0.3, 0.4) is 0 Å². The number of carbonyl (C=O) groups is 1. The van der Waals surface area contributed by atoms with Gasteiger partial charge in [-0.05, 0) is 58.4 Å².